The van der Waals surface area contributed by atoms with Gasteiger partial charge in [0.05, 0.1) is 0 Å². The Labute approximate surface area is 101 Å². The van der Waals surface area contributed by atoms with Gasteiger partial charge in [-0.05, 0) is 37.6 Å². The van der Waals surface area contributed by atoms with Crippen LogP contribution in [0.1, 0.15) is 26.7 Å². The van der Waals surface area contributed by atoms with Crippen LogP contribution in [0.15, 0.2) is 24.3 Å². The summed E-state index contributed by atoms with van der Waals surface area (Å²) in [6, 6.07) is 7.04. The first-order valence-corrected chi connectivity index (χ1v) is 5.82. The van der Waals surface area contributed by atoms with Crippen LogP contribution in [-0.2, 0) is 0 Å². The fourth-order valence-corrected chi connectivity index (χ4v) is 1.56. The molecule has 2 N–H and O–H groups in total. The SMILES string of the molecule is CCC[C@H](C)NC(=O)Nc1ccc(Cl)cc1. The number of benzene rings is 1. The zero-order valence-electron chi connectivity index (χ0n) is 9.59. The Hall–Kier alpha value is -1.22. The van der Waals surface area contributed by atoms with E-state index in [2.05, 4.69) is 17.6 Å². The van der Waals surface area contributed by atoms with Gasteiger partial charge in [0.25, 0.3) is 0 Å². The molecule has 0 aromatic heterocycles. The van der Waals surface area contributed by atoms with Crippen molar-refractivity contribution in [1.29, 1.82) is 0 Å². The van der Waals surface area contributed by atoms with Crippen LogP contribution in [0.4, 0.5) is 10.5 Å². The van der Waals surface area contributed by atoms with Crippen LogP contribution >= 0.6 is 11.6 Å². The highest BCUT2D eigenvalue weighted by molar-refractivity contribution is 6.30. The standard InChI is InChI=1S/C12H17ClN2O/c1-3-4-9(2)14-12(16)15-11-7-5-10(13)6-8-11/h5-9H,3-4H2,1-2H3,(H2,14,15,16)/t9-/m0/s1. The minimum absolute atomic E-state index is 0.178. The summed E-state index contributed by atoms with van der Waals surface area (Å²) in [7, 11) is 0. The monoisotopic (exact) mass is 240 g/mol. The Morgan fingerprint density at radius 3 is 2.56 bits per heavy atom. The lowest BCUT2D eigenvalue weighted by atomic mass is 10.2. The maximum atomic E-state index is 11.5. The van der Waals surface area contributed by atoms with E-state index < -0.39 is 0 Å². The average Bonchev–Trinajstić information content (AvgIpc) is 2.21. The highest BCUT2D eigenvalue weighted by Crippen LogP contribution is 2.13. The Bertz CT molecular complexity index is 337. The van der Waals surface area contributed by atoms with Crippen molar-refractivity contribution in [2.45, 2.75) is 32.7 Å². The van der Waals surface area contributed by atoms with Gasteiger partial charge in [0, 0.05) is 16.8 Å². The van der Waals surface area contributed by atoms with Crippen molar-refractivity contribution in [2.75, 3.05) is 5.32 Å². The van der Waals surface area contributed by atoms with Gasteiger partial charge < -0.3 is 10.6 Å². The Kier molecular flexibility index (Phi) is 5.12. The van der Waals surface area contributed by atoms with Gasteiger partial charge in [0.15, 0.2) is 0 Å². The molecule has 2 amide bonds. The molecule has 16 heavy (non-hydrogen) atoms. The van der Waals surface area contributed by atoms with Crippen molar-refractivity contribution in [2.24, 2.45) is 0 Å². The van der Waals surface area contributed by atoms with Crippen molar-refractivity contribution in [3.63, 3.8) is 0 Å². The smallest absolute Gasteiger partial charge is 0.319 e. The normalized spacial score (nSPS) is 11.9. The fraction of sp³-hybridized carbons (Fsp3) is 0.417. The Morgan fingerprint density at radius 1 is 1.38 bits per heavy atom. The topological polar surface area (TPSA) is 41.1 Å². The molecule has 0 fully saturated rings. The molecule has 0 aliphatic heterocycles. The van der Waals surface area contributed by atoms with Crippen LogP contribution in [0.5, 0.6) is 0 Å². The van der Waals surface area contributed by atoms with Gasteiger partial charge in [-0.15, -0.1) is 0 Å². The van der Waals surface area contributed by atoms with Crippen molar-refractivity contribution in [3.8, 4) is 0 Å². The van der Waals surface area contributed by atoms with E-state index >= 15 is 0 Å². The third-order valence-electron chi connectivity index (χ3n) is 2.20. The molecule has 0 saturated carbocycles. The van der Waals surface area contributed by atoms with E-state index in [1.54, 1.807) is 24.3 Å². The minimum Gasteiger partial charge on any atom is -0.335 e. The first-order valence-electron chi connectivity index (χ1n) is 5.45. The summed E-state index contributed by atoms with van der Waals surface area (Å²) >= 11 is 5.75. The molecule has 0 aliphatic carbocycles. The maximum Gasteiger partial charge on any atom is 0.319 e. The van der Waals surface area contributed by atoms with Crippen molar-refractivity contribution in [3.05, 3.63) is 29.3 Å². The number of amides is 2. The Morgan fingerprint density at radius 2 is 2.00 bits per heavy atom. The number of hydrogen-bond donors (Lipinski definition) is 2. The number of carbonyl (C=O) groups is 1. The molecular weight excluding hydrogens is 224 g/mol. The third kappa shape index (κ3) is 4.53. The summed E-state index contributed by atoms with van der Waals surface area (Å²) in [5, 5.41) is 6.27. The molecule has 1 aromatic carbocycles. The second-order valence-electron chi connectivity index (χ2n) is 3.80. The van der Waals surface area contributed by atoms with Gasteiger partial charge in [-0.1, -0.05) is 24.9 Å². The lowest BCUT2D eigenvalue weighted by Gasteiger charge is -2.13. The van der Waals surface area contributed by atoms with Crippen molar-refractivity contribution < 1.29 is 4.79 Å². The molecule has 0 aliphatic rings. The van der Waals surface area contributed by atoms with Gasteiger partial charge in [-0.25, -0.2) is 4.79 Å². The van der Waals surface area contributed by atoms with E-state index in [1.807, 2.05) is 6.92 Å². The average molecular weight is 241 g/mol. The minimum atomic E-state index is -0.178. The van der Waals surface area contributed by atoms with E-state index in [-0.39, 0.29) is 12.1 Å². The molecule has 0 saturated heterocycles. The summed E-state index contributed by atoms with van der Waals surface area (Å²) in [6.07, 6.45) is 2.04. The van der Waals surface area contributed by atoms with E-state index in [0.29, 0.717) is 5.02 Å². The number of halogens is 1. The van der Waals surface area contributed by atoms with Crippen LogP contribution in [0.25, 0.3) is 0 Å². The summed E-state index contributed by atoms with van der Waals surface area (Å²) in [6.45, 7) is 4.08. The van der Waals surface area contributed by atoms with Crippen LogP contribution in [0.2, 0.25) is 5.02 Å². The van der Waals surface area contributed by atoms with Gasteiger partial charge in [-0.3, -0.25) is 0 Å². The van der Waals surface area contributed by atoms with Gasteiger partial charge in [0.1, 0.15) is 0 Å². The first kappa shape index (κ1) is 12.8. The maximum absolute atomic E-state index is 11.5. The molecule has 4 heteroatoms. The molecule has 0 heterocycles. The first-order chi connectivity index (χ1) is 7.61. The number of nitrogens with one attached hydrogen (secondary N) is 2. The van der Waals surface area contributed by atoms with Crippen LogP contribution in [-0.4, -0.2) is 12.1 Å². The molecule has 3 nitrogen and oxygen atoms in total. The summed E-state index contributed by atoms with van der Waals surface area (Å²) < 4.78 is 0. The lowest BCUT2D eigenvalue weighted by Crippen LogP contribution is -2.35. The molecule has 1 rings (SSSR count). The van der Waals surface area contributed by atoms with E-state index in [1.165, 1.54) is 0 Å². The quantitative estimate of drug-likeness (QED) is 0.829. The van der Waals surface area contributed by atoms with Gasteiger partial charge in [0.2, 0.25) is 0 Å². The Balaban J connectivity index is 2.42. The summed E-state index contributed by atoms with van der Waals surface area (Å²) in [5.41, 5.74) is 0.741. The number of carbonyl (C=O) groups excluding carboxylic acids is 1. The van der Waals surface area contributed by atoms with Gasteiger partial charge >= 0.3 is 6.03 Å². The largest absolute Gasteiger partial charge is 0.335 e. The predicted octanol–water partition coefficient (Wildman–Crippen LogP) is 3.65. The number of anilines is 1. The number of urea groups is 1. The molecule has 0 bridgehead atoms. The van der Waals surface area contributed by atoms with Crippen molar-refractivity contribution >= 4 is 23.3 Å². The molecule has 1 aromatic rings. The molecule has 0 spiro atoms. The zero-order chi connectivity index (χ0) is 12.0. The second-order valence-corrected chi connectivity index (χ2v) is 4.23. The van der Waals surface area contributed by atoms with Gasteiger partial charge in [-0.2, -0.15) is 0 Å². The summed E-state index contributed by atoms with van der Waals surface area (Å²) in [5.74, 6) is 0. The summed E-state index contributed by atoms with van der Waals surface area (Å²) in [4.78, 5) is 11.5. The van der Waals surface area contributed by atoms with Crippen LogP contribution < -0.4 is 10.6 Å². The van der Waals surface area contributed by atoms with E-state index in [4.69, 9.17) is 11.6 Å². The number of hydrogen-bond acceptors (Lipinski definition) is 1. The van der Waals surface area contributed by atoms with Crippen LogP contribution in [0, 0.1) is 0 Å². The fourth-order valence-electron chi connectivity index (χ4n) is 1.43. The van der Waals surface area contributed by atoms with Crippen molar-refractivity contribution in [1.82, 2.24) is 5.32 Å². The van der Waals surface area contributed by atoms with E-state index in [9.17, 15) is 4.79 Å². The molecule has 0 radical (unpaired) electrons. The molecular formula is C12H17ClN2O. The van der Waals surface area contributed by atoms with Crippen LogP contribution in [0.3, 0.4) is 0 Å². The molecule has 1 atom stereocenters. The third-order valence-corrected chi connectivity index (χ3v) is 2.45. The molecule has 0 unspecified atom stereocenters. The predicted molar refractivity (Wildman–Crippen MR) is 68.0 cm³/mol. The zero-order valence-corrected chi connectivity index (χ0v) is 10.3. The highest BCUT2D eigenvalue weighted by Gasteiger charge is 2.05. The second kappa shape index (κ2) is 6.38. The highest BCUT2D eigenvalue weighted by atomic mass is 35.5. The lowest BCUT2D eigenvalue weighted by molar-refractivity contribution is 0.248. The number of rotatable bonds is 4. The van der Waals surface area contributed by atoms with E-state index in [0.717, 1.165) is 18.5 Å². The molecule has 88 valence electrons.